The zero-order valence-electron chi connectivity index (χ0n) is 8.54. The predicted molar refractivity (Wildman–Crippen MR) is 54.3 cm³/mol. The Morgan fingerprint density at radius 1 is 1.77 bits per heavy atom. The highest BCUT2D eigenvalue weighted by Gasteiger charge is 2.11. The quantitative estimate of drug-likeness (QED) is 0.718. The van der Waals surface area contributed by atoms with E-state index in [1.807, 2.05) is 27.1 Å². The number of nitrogens with zero attached hydrogens (tertiary/aromatic N) is 2. The number of aromatic nitrogens is 2. The summed E-state index contributed by atoms with van der Waals surface area (Å²) >= 11 is 0. The molecule has 3 nitrogen and oxygen atoms in total. The molecule has 0 fully saturated rings. The average molecular weight is 179 g/mol. The Hall–Kier alpha value is -1.09. The highest BCUT2D eigenvalue weighted by molar-refractivity contribution is 5.21. The van der Waals surface area contributed by atoms with Gasteiger partial charge in [0.05, 0.1) is 5.69 Å². The monoisotopic (exact) mass is 179 g/mol. The molecule has 3 heteroatoms. The Bertz CT molecular complexity index is 312. The molecule has 0 saturated carbocycles. The molecule has 0 aliphatic carbocycles. The van der Waals surface area contributed by atoms with Crippen molar-refractivity contribution in [2.24, 2.45) is 12.8 Å². The summed E-state index contributed by atoms with van der Waals surface area (Å²) in [6, 6.07) is 0.0335. The Morgan fingerprint density at radius 3 is 2.77 bits per heavy atom. The highest BCUT2D eigenvalue weighted by atomic mass is 15.2. The van der Waals surface area contributed by atoms with Crippen molar-refractivity contribution < 1.29 is 0 Å². The second kappa shape index (κ2) is 3.75. The summed E-state index contributed by atoms with van der Waals surface area (Å²) in [4.78, 5) is 0. The number of nitrogens with two attached hydrogens (primary N) is 1. The van der Waals surface area contributed by atoms with Crippen LogP contribution in [0.25, 0.3) is 0 Å². The summed E-state index contributed by atoms with van der Waals surface area (Å²) in [7, 11) is 1.91. The van der Waals surface area contributed by atoms with Crippen LogP contribution in [0.1, 0.15) is 30.6 Å². The fraction of sp³-hybridized carbons (Fsp3) is 0.500. The van der Waals surface area contributed by atoms with Crippen LogP contribution in [-0.4, -0.2) is 9.78 Å². The minimum Gasteiger partial charge on any atom is -0.324 e. The standard InChI is InChI=1S/C10H17N3/c1-7(2)5-10(11)9-6-13(4)12-8(9)3/h6,10H,1,5,11H2,2-4H3. The van der Waals surface area contributed by atoms with E-state index in [2.05, 4.69) is 11.7 Å². The molecule has 0 spiro atoms. The molecule has 1 aromatic heterocycles. The van der Waals surface area contributed by atoms with Gasteiger partial charge in [0, 0.05) is 24.8 Å². The van der Waals surface area contributed by atoms with Crippen molar-refractivity contribution in [2.45, 2.75) is 26.3 Å². The fourth-order valence-corrected chi connectivity index (χ4v) is 1.47. The molecule has 1 unspecified atom stereocenters. The summed E-state index contributed by atoms with van der Waals surface area (Å²) in [5.74, 6) is 0. The summed E-state index contributed by atoms with van der Waals surface area (Å²) < 4.78 is 1.79. The molecule has 0 aromatic carbocycles. The minimum absolute atomic E-state index is 0.0335. The van der Waals surface area contributed by atoms with Gasteiger partial charge < -0.3 is 5.73 Å². The van der Waals surface area contributed by atoms with Crippen LogP contribution < -0.4 is 5.73 Å². The molecule has 13 heavy (non-hydrogen) atoms. The Morgan fingerprint density at radius 2 is 2.38 bits per heavy atom. The molecule has 2 N–H and O–H groups in total. The highest BCUT2D eigenvalue weighted by Crippen LogP contribution is 2.19. The lowest BCUT2D eigenvalue weighted by Crippen LogP contribution is -2.10. The summed E-state index contributed by atoms with van der Waals surface area (Å²) in [5.41, 5.74) is 9.23. The molecule has 1 heterocycles. The Kier molecular flexibility index (Phi) is 2.88. The molecule has 0 radical (unpaired) electrons. The maximum atomic E-state index is 6.00. The lowest BCUT2D eigenvalue weighted by atomic mass is 10.0. The second-order valence-corrected chi connectivity index (χ2v) is 3.61. The van der Waals surface area contributed by atoms with Gasteiger partial charge in [-0.2, -0.15) is 5.10 Å². The van der Waals surface area contributed by atoms with Gasteiger partial charge in [0.2, 0.25) is 0 Å². The van der Waals surface area contributed by atoms with Crippen molar-refractivity contribution in [3.8, 4) is 0 Å². The number of rotatable bonds is 3. The van der Waals surface area contributed by atoms with Gasteiger partial charge in [0.15, 0.2) is 0 Å². The van der Waals surface area contributed by atoms with Gasteiger partial charge in [0.25, 0.3) is 0 Å². The number of hydrogen-bond donors (Lipinski definition) is 1. The zero-order chi connectivity index (χ0) is 10.0. The van der Waals surface area contributed by atoms with Crippen molar-refractivity contribution in [1.82, 2.24) is 9.78 Å². The van der Waals surface area contributed by atoms with Crippen LogP contribution in [0.2, 0.25) is 0 Å². The molecule has 0 saturated heterocycles. The normalized spacial score (nSPS) is 12.9. The van der Waals surface area contributed by atoms with Crippen molar-refractivity contribution in [3.63, 3.8) is 0 Å². The van der Waals surface area contributed by atoms with Gasteiger partial charge in [-0.25, -0.2) is 0 Å². The van der Waals surface area contributed by atoms with Gasteiger partial charge in [-0.1, -0.05) is 5.57 Å². The van der Waals surface area contributed by atoms with E-state index in [1.54, 1.807) is 4.68 Å². The van der Waals surface area contributed by atoms with Crippen LogP contribution in [-0.2, 0) is 7.05 Å². The summed E-state index contributed by atoms with van der Waals surface area (Å²) in [6.07, 6.45) is 2.80. The predicted octanol–water partition coefficient (Wildman–Crippen LogP) is 1.69. The Labute approximate surface area is 79.2 Å². The molecule has 1 atom stereocenters. The zero-order valence-corrected chi connectivity index (χ0v) is 8.54. The van der Waals surface area contributed by atoms with Gasteiger partial charge in [-0.05, 0) is 20.3 Å². The SMILES string of the molecule is C=C(C)CC(N)c1cn(C)nc1C. The van der Waals surface area contributed by atoms with Gasteiger partial charge >= 0.3 is 0 Å². The molecule has 0 aliphatic heterocycles. The van der Waals surface area contributed by atoms with E-state index in [9.17, 15) is 0 Å². The first kappa shape index (κ1) is 9.99. The largest absolute Gasteiger partial charge is 0.324 e. The van der Waals surface area contributed by atoms with Crippen LogP contribution in [0.4, 0.5) is 0 Å². The second-order valence-electron chi connectivity index (χ2n) is 3.61. The fourth-order valence-electron chi connectivity index (χ4n) is 1.47. The van der Waals surface area contributed by atoms with Crippen molar-refractivity contribution in [2.75, 3.05) is 0 Å². The number of hydrogen-bond acceptors (Lipinski definition) is 2. The third-order valence-electron chi connectivity index (χ3n) is 2.02. The first-order valence-corrected chi connectivity index (χ1v) is 4.41. The molecule has 72 valence electrons. The Balaban J connectivity index is 2.81. The van der Waals surface area contributed by atoms with E-state index in [-0.39, 0.29) is 6.04 Å². The third-order valence-corrected chi connectivity index (χ3v) is 2.02. The smallest absolute Gasteiger partial charge is 0.0641 e. The maximum Gasteiger partial charge on any atom is 0.0641 e. The van der Waals surface area contributed by atoms with Crippen molar-refractivity contribution in [3.05, 3.63) is 29.6 Å². The lowest BCUT2D eigenvalue weighted by Gasteiger charge is -2.09. The topological polar surface area (TPSA) is 43.8 Å². The van der Waals surface area contributed by atoms with E-state index < -0.39 is 0 Å². The minimum atomic E-state index is 0.0335. The molecule has 0 amide bonds. The summed E-state index contributed by atoms with van der Waals surface area (Å²) in [5, 5.41) is 4.25. The number of aryl methyl sites for hydroxylation is 2. The van der Waals surface area contributed by atoms with E-state index >= 15 is 0 Å². The van der Waals surface area contributed by atoms with Crippen molar-refractivity contribution in [1.29, 1.82) is 0 Å². The van der Waals surface area contributed by atoms with Crippen LogP contribution in [0.5, 0.6) is 0 Å². The van der Waals surface area contributed by atoms with Crippen LogP contribution in [0.15, 0.2) is 18.3 Å². The van der Waals surface area contributed by atoms with E-state index in [0.29, 0.717) is 0 Å². The first-order chi connectivity index (χ1) is 6.00. The molecule has 1 aromatic rings. The van der Waals surface area contributed by atoms with E-state index in [4.69, 9.17) is 5.73 Å². The van der Waals surface area contributed by atoms with Crippen LogP contribution >= 0.6 is 0 Å². The molecule has 0 bridgehead atoms. The van der Waals surface area contributed by atoms with Gasteiger partial charge in [0.1, 0.15) is 0 Å². The van der Waals surface area contributed by atoms with E-state index in [1.165, 1.54) is 0 Å². The first-order valence-electron chi connectivity index (χ1n) is 4.41. The lowest BCUT2D eigenvalue weighted by molar-refractivity contribution is 0.710. The molecule has 1 rings (SSSR count). The van der Waals surface area contributed by atoms with Crippen LogP contribution in [0.3, 0.4) is 0 Å². The van der Waals surface area contributed by atoms with E-state index in [0.717, 1.165) is 23.3 Å². The van der Waals surface area contributed by atoms with Crippen molar-refractivity contribution >= 4 is 0 Å². The van der Waals surface area contributed by atoms with Crippen LogP contribution in [0, 0.1) is 6.92 Å². The third kappa shape index (κ3) is 2.42. The molecule has 0 aliphatic rings. The van der Waals surface area contributed by atoms with Gasteiger partial charge in [-0.15, -0.1) is 6.58 Å². The average Bonchev–Trinajstić information content (AvgIpc) is 2.28. The maximum absolute atomic E-state index is 6.00. The molecular weight excluding hydrogens is 162 g/mol. The van der Waals surface area contributed by atoms with Gasteiger partial charge in [-0.3, -0.25) is 4.68 Å². The summed E-state index contributed by atoms with van der Waals surface area (Å²) in [6.45, 7) is 7.82. The molecular formula is C10H17N3.